The first-order valence-corrected chi connectivity index (χ1v) is 4.74. The van der Waals surface area contributed by atoms with Crippen LogP contribution in [0, 0.1) is 0 Å². The Hall–Kier alpha value is -0.730. The molecule has 0 radical (unpaired) electrons. The number of hydrogen-bond donors (Lipinski definition) is 1. The molecule has 0 aliphatic carbocycles. The van der Waals surface area contributed by atoms with E-state index in [1.807, 2.05) is 18.3 Å². The Bertz CT molecular complexity index is 321. The first kappa shape index (κ1) is 8.85. The van der Waals surface area contributed by atoms with Gasteiger partial charge in [0.1, 0.15) is 0 Å². The molecule has 1 aliphatic heterocycles. The third-order valence-electron chi connectivity index (χ3n) is 1.95. The van der Waals surface area contributed by atoms with E-state index in [9.17, 15) is 0 Å². The van der Waals surface area contributed by atoms with Gasteiger partial charge in [-0.25, -0.2) is 0 Å². The highest BCUT2D eigenvalue weighted by atomic mass is 35.5. The van der Waals surface area contributed by atoms with Crippen molar-refractivity contribution in [3.63, 3.8) is 0 Å². The zero-order valence-electron chi connectivity index (χ0n) is 6.80. The monoisotopic (exact) mass is 214 g/mol. The first-order chi connectivity index (χ1) is 6.25. The van der Waals surface area contributed by atoms with Crippen LogP contribution < -0.4 is 5.43 Å². The van der Waals surface area contributed by atoms with Crippen LogP contribution in [0.25, 0.3) is 0 Å². The van der Waals surface area contributed by atoms with E-state index >= 15 is 0 Å². The highest BCUT2D eigenvalue weighted by Gasteiger charge is 2.13. The summed E-state index contributed by atoms with van der Waals surface area (Å²) in [5, 5.41) is 5.27. The molecule has 2 rings (SSSR count). The first-order valence-electron chi connectivity index (χ1n) is 3.99. The minimum atomic E-state index is 0.219. The molecule has 68 valence electrons. The smallest absolute Gasteiger partial charge is 0.0740 e. The van der Waals surface area contributed by atoms with E-state index in [-0.39, 0.29) is 6.04 Å². The molecule has 0 spiro atoms. The lowest BCUT2D eigenvalue weighted by Gasteiger charge is -2.10. The third-order valence-corrected chi connectivity index (χ3v) is 2.39. The lowest BCUT2D eigenvalue weighted by Crippen LogP contribution is -2.09. The Morgan fingerprint density at radius 1 is 1.23 bits per heavy atom. The predicted octanol–water partition coefficient (Wildman–Crippen LogP) is 3.01. The third kappa shape index (κ3) is 1.95. The average molecular weight is 215 g/mol. The minimum Gasteiger partial charge on any atom is -0.303 e. The molecule has 1 aliphatic rings. The van der Waals surface area contributed by atoms with Gasteiger partial charge in [0.15, 0.2) is 0 Å². The summed E-state index contributed by atoms with van der Waals surface area (Å²) in [5.74, 6) is 0. The Kier molecular flexibility index (Phi) is 2.42. The van der Waals surface area contributed by atoms with Crippen molar-refractivity contribution in [1.29, 1.82) is 0 Å². The molecule has 1 aromatic carbocycles. The molecule has 1 unspecified atom stereocenters. The van der Waals surface area contributed by atoms with E-state index in [2.05, 4.69) is 10.5 Å². The van der Waals surface area contributed by atoms with E-state index in [4.69, 9.17) is 23.2 Å². The zero-order valence-corrected chi connectivity index (χ0v) is 8.31. The van der Waals surface area contributed by atoms with Gasteiger partial charge < -0.3 is 5.43 Å². The second kappa shape index (κ2) is 3.56. The summed E-state index contributed by atoms with van der Waals surface area (Å²) in [4.78, 5) is 0. The molecule has 1 atom stereocenters. The molecule has 0 fully saturated rings. The molecule has 1 aromatic rings. The summed E-state index contributed by atoms with van der Waals surface area (Å²) in [7, 11) is 0. The maximum atomic E-state index is 5.88. The standard InChI is InChI=1S/C9H8Cl2N2/c10-7-3-6(4-8(11)5-7)9-1-2-12-13-9/h2-5,9,13H,1H2. The molecular formula is C9H8Cl2N2. The topological polar surface area (TPSA) is 24.4 Å². The Balaban J connectivity index is 2.29. The number of hydrogen-bond acceptors (Lipinski definition) is 2. The van der Waals surface area contributed by atoms with Gasteiger partial charge in [-0.2, -0.15) is 5.10 Å². The maximum Gasteiger partial charge on any atom is 0.0740 e. The molecule has 0 bridgehead atoms. The molecule has 0 saturated carbocycles. The number of hydrazone groups is 1. The summed E-state index contributed by atoms with van der Waals surface area (Å²) in [5.41, 5.74) is 4.06. The molecule has 0 amide bonds. The highest BCUT2D eigenvalue weighted by Crippen LogP contribution is 2.26. The van der Waals surface area contributed by atoms with Gasteiger partial charge in [-0.05, 0) is 23.8 Å². The van der Waals surface area contributed by atoms with Crippen molar-refractivity contribution in [3.8, 4) is 0 Å². The number of halogens is 2. The highest BCUT2D eigenvalue weighted by molar-refractivity contribution is 6.34. The van der Waals surface area contributed by atoms with Crippen LogP contribution in [0.15, 0.2) is 23.3 Å². The molecule has 2 nitrogen and oxygen atoms in total. The molecule has 13 heavy (non-hydrogen) atoms. The van der Waals surface area contributed by atoms with Crippen LogP contribution in [0.4, 0.5) is 0 Å². The van der Waals surface area contributed by atoms with E-state index in [0.717, 1.165) is 12.0 Å². The predicted molar refractivity (Wildman–Crippen MR) is 55.4 cm³/mol. The minimum absolute atomic E-state index is 0.219. The number of nitrogens with zero attached hydrogens (tertiary/aromatic N) is 1. The van der Waals surface area contributed by atoms with Crippen molar-refractivity contribution in [2.75, 3.05) is 0 Å². The number of nitrogens with one attached hydrogen (secondary N) is 1. The lowest BCUT2D eigenvalue weighted by molar-refractivity contribution is 0.620. The molecule has 1 N–H and O–H groups in total. The molecular weight excluding hydrogens is 207 g/mol. The van der Waals surface area contributed by atoms with E-state index in [1.165, 1.54) is 0 Å². The van der Waals surface area contributed by atoms with Gasteiger partial charge in [0.2, 0.25) is 0 Å². The fourth-order valence-corrected chi connectivity index (χ4v) is 1.88. The van der Waals surface area contributed by atoms with Gasteiger partial charge in [0.05, 0.1) is 6.04 Å². The molecule has 4 heteroatoms. The molecule has 0 aromatic heterocycles. The summed E-state index contributed by atoms with van der Waals surface area (Å²) in [6.07, 6.45) is 2.73. The van der Waals surface area contributed by atoms with Gasteiger partial charge in [0, 0.05) is 22.7 Å². The van der Waals surface area contributed by atoms with Gasteiger partial charge in [-0.3, -0.25) is 0 Å². The molecule has 1 heterocycles. The SMILES string of the molecule is Clc1cc(Cl)cc(C2CC=NN2)c1. The van der Waals surface area contributed by atoms with Gasteiger partial charge in [-0.1, -0.05) is 23.2 Å². The van der Waals surface area contributed by atoms with Crippen LogP contribution >= 0.6 is 23.2 Å². The maximum absolute atomic E-state index is 5.88. The van der Waals surface area contributed by atoms with E-state index in [1.54, 1.807) is 6.07 Å². The van der Waals surface area contributed by atoms with E-state index in [0.29, 0.717) is 10.0 Å². The van der Waals surface area contributed by atoms with Crippen LogP contribution in [0.1, 0.15) is 18.0 Å². The fraction of sp³-hybridized carbons (Fsp3) is 0.222. The van der Waals surface area contributed by atoms with Crippen LogP contribution in [0.5, 0.6) is 0 Å². The second-order valence-corrected chi connectivity index (χ2v) is 3.80. The van der Waals surface area contributed by atoms with Crippen molar-refractivity contribution >= 4 is 29.4 Å². The van der Waals surface area contributed by atoms with Crippen molar-refractivity contribution < 1.29 is 0 Å². The van der Waals surface area contributed by atoms with Crippen molar-refractivity contribution in [1.82, 2.24) is 5.43 Å². The zero-order chi connectivity index (χ0) is 9.26. The van der Waals surface area contributed by atoms with Gasteiger partial charge in [-0.15, -0.1) is 0 Å². The fourth-order valence-electron chi connectivity index (χ4n) is 1.34. The molecule has 0 saturated heterocycles. The number of benzene rings is 1. The van der Waals surface area contributed by atoms with Gasteiger partial charge in [0.25, 0.3) is 0 Å². The normalized spacial score (nSPS) is 20.3. The van der Waals surface area contributed by atoms with Crippen LogP contribution in [-0.2, 0) is 0 Å². The van der Waals surface area contributed by atoms with Crippen molar-refractivity contribution in [2.45, 2.75) is 12.5 Å². The average Bonchev–Trinajstić information content (AvgIpc) is 2.53. The van der Waals surface area contributed by atoms with Gasteiger partial charge >= 0.3 is 0 Å². The van der Waals surface area contributed by atoms with Crippen molar-refractivity contribution in [2.24, 2.45) is 5.10 Å². The summed E-state index contributed by atoms with van der Waals surface area (Å²) >= 11 is 11.8. The Morgan fingerprint density at radius 3 is 2.46 bits per heavy atom. The second-order valence-electron chi connectivity index (χ2n) is 2.93. The number of rotatable bonds is 1. The Labute approximate surface area is 86.5 Å². The summed E-state index contributed by atoms with van der Waals surface area (Å²) in [6.45, 7) is 0. The Morgan fingerprint density at radius 2 is 1.92 bits per heavy atom. The lowest BCUT2D eigenvalue weighted by atomic mass is 10.1. The van der Waals surface area contributed by atoms with Crippen molar-refractivity contribution in [3.05, 3.63) is 33.8 Å². The van der Waals surface area contributed by atoms with Crippen LogP contribution in [0.3, 0.4) is 0 Å². The summed E-state index contributed by atoms with van der Waals surface area (Å²) in [6, 6.07) is 5.75. The van der Waals surface area contributed by atoms with E-state index < -0.39 is 0 Å². The van der Waals surface area contributed by atoms with Crippen LogP contribution in [-0.4, -0.2) is 6.21 Å². The van der Waals surface area contributed by atoms with Crippen LogP contribution in [0.2, 0.25) is 10.0 Å². The summed E-state index contributed by atoms with van der Waals surface area (Å²) < 4.78 is 0. The quantitative estimate of drug-likeness (QED) is 0.764. The largest absolute Gasteiger partial charge is 0.303 e.